The summed E-state index contributed by atoms with van der Waals surface area (Å²) in [6.45, 7) is 0. The molecule has 7 heteroatoms. The number of anilines is 1. The topological polar surface area (TPSA) is 89.8 Å². The van der Waals surface area contributed by atoms with Crippen molar-refractivity contribution in [3.8, 4) is 17.2 Å². The zero-order valence-electron chi connectivity index (χ0n) is 10.9. The van der Waals surface area contributed by atoms with Gasteiger partial charge in [0.1, 0.15) is 0 Å². The van der Waals surface area contributed by atoms with E-state index in [4.69, 9.17) is 0 Å². The Labute approximate surface area is 142 Å². The fourth-order valence-electron chi connectivity index (χ4n) is 2.22. The fraction of sp³-hybridized carbons (Fsp3) is 0. The Kier molecular flexibility index (Phi) is 3.62. The molecule has 2 aromatic carbocycles. The van der Waals surface area contributed by atoms with Crippen molar-refractivity contribution in [2.75, 3.05) is 5.32 Å². The number of carbonyl (C=O) groups is 1. The average molecular weight is 427 g/mol. The first-order valence-electron chi connectivity index (χ1n) is 6.15. The van der Waals surface area contributed by atoms with E-state index < -0.39 is 17.2 Å². The van der Waals surface area contributed by atoms with Crippen LogP contribution in [-0.2, 0) is 4.79 Å². The number of nitrogens with one attached hydrogen (secondary N) is 1. The first-order valence-corrected chi connectivity index (χ1v) is 7.73. The van der Waals surface area contributed by atoms with Crippen molar-refractivity contribution < 1.29 is 20.1 Å². The van der Waals surface area contributed by atoms with Crippen LogP contribution < -0.4 is 5.32 Å². The molecule has 0 aromatic heterocycles. The maximum absolute atomic E-state index is 12.2. The Bertz CT molecular complexity index is 846. The molecule has 5 nitrogen and oxygen atoms in total. The third-order valence-corrected chi connectivity index (χ3v) is 4.37. The summed E-state index contributed by atoms with van der Waals surface area (Å²) in [5.41, 5.74) is 1.88. The number of halogens is 2. The van der Waals surface area contributed by atoms with E-state index in [0.717, 1.165) is 8.95 Å². The maximum atomic E-state index is 12.2. The zero-order valence-corrected chi connectivity index (χ0v) is 14.1. The van der Waals surface area contributed by atoms with Gasteiger partial charge in [-0.1, -0.05) is 15.9 Å². The Morgan fingerprint density at radius 1 is 1.05 bits per heavy atom. The molecule has 4 N–H and O–H groups in total. The largest absolute Gasteiger partial charge is 0.504 e. The summed E-state index contributed by atoms with van der Waals surface area (Å²) in [6.07, 6.45) is 1.45. The number of amides is 1. The molecule has 3 rings (SSSR count). The van der Waals surface area contributed by atoms with E-state index in [9.17, 15) is 20.1 Å². The van der Waals surface area contributed by atoms with Crippen LogP contribution in [0.25, 0.3) is 11.6 Å². The predicted octanol–water partition coefficient (Wildman–Crippen LogP) is 3.82. The van der Waals surface area contributed by atoms with E-state index in [0.29, 0.717) is 16.8 Å². The van der Waals surface area contributed by atoms with Crippen LogP contribution in [0.5, 0.6) is 17.2 Å². The Morgan fingerprint density at radius 3 is 2.50 bits per heavy atom. The number of carbonyl (C=O) groups excluding carboxylic acids is 1. The highest BCUT2D eigenvalue weighted by Crippen LogP contribution is 2.43. The molecule has 0 unspecified atom stereocenters. The van der Waals surface area contributed by atoms with Crippen molar-refractivity contribution in [1.29, 1.82) is 0 Å². The molecular formula is C15H9Br2NO4. The molecule has 1 amide bonds. The molecule has 1 aliphatic heterocycles. The number of hydrogen-bond acceptors (Lipinski definition) is 4. The monoisotopic (exact) mass is 425 g/mol. The summed E-state index contributed by atoms with van der Waals surface area (Å²) < 4.78 is 1.52. The molecule has 1 aliphatic rings. The first kappa shape index (κ1) is 14.9. The van der Waals surface area contributed by atoms with Gasteiger partial charge in [0.05, 0.1) is 5.69 Å². The Morgan fingerprint density at radius 2 is 1.77 bits per heavy atom. The second-order valence-corrected chi connectivity index (χ2v) is 6.46. The van der Waals surface area contributed by atoms with Gasteiger partial charge in [-0.15, -0.1) is 0 Å². The lowest BCUT2D eigenvalue weighted by molar-refractivity contribution is -0.110. The number of hydrogen-bond donors (Lipinski definition) is 4. The predicted molar refractivity (Wildman–Crippen MR) is 89.8 cm³/mol. The summed E-state index contributed by atoms with van der Waals surface area (Å²) in [4.78, 5) is 12.2. The summed E-state index contributed by atoms with van der Waals surface area (Å²) >= 11 is 6.75. The highest BCUT2D eigenvalue weighted by Gasteiger charge is 2.27. The Hall–Kier alpha value is -1.99. The second-order valence-electron chi connectivity index (χ2n) is 4.69. The van der Waals surface area contributed by atoms with Gasteiger partial charge in [0.15, 0.2) is 11.5 Å². The zero-order chi connectivity index (χ0) is 16.0. The van der Waals surface area contributed by atoms with E-state index in [1.165, 1.54) is 18.2 Å². The van der Waals surface area contributed by atoms with E-state index in [1.807, 2.05) is 6.07 Å². The van der Waals surface area contributed by atoms with Gasteiger partial charge in [0.25, 0.3) is 5.91 Å². The molecule has 0 bridgehead atoms. The third kappa shape index (κ3) is 2.36. The van der Waals surface area contributed by atoms with Crippen molar-refractivity contribution in [3.63, 3.8) is 0 Å². The quantitative estimate of drug-likeness (QED) is 0.412. The van der Waals surface area contributed by atoms with Gasteiger partial charge in [-0.05, 0) is 46.3 Å². The minimum atomic E-state index is -0.622. The number of rotatable bonds is 1. The van der Waals surface area contributed by atoms with Crippen LogP contribution >= 0.6 is 31.9 Å². The summed E-state index contributed by atoms with van der Waals surface area (Å²) in [7, 11) is 0. The smallest absolute Gasteiger partial charge is 0.256 e. The molecule has 0 atom stereocenters. The van der Waals surface area contributed by atoms with Crippen LogP contribution in [0.3, 0.4) is 0 Å². The molecular weight excluding hydrogens is 418 g/mol. The van der Waals surface area contributed by atoms with Crippen molar-refractivity contribution in [3.05, 3.63) is 44.3 Å². The molecule has 112 valence electrons. The van der Waals surface area contributed by atoms with Gasteiger partial charge in [-0.2, -0.15) is 0 Å². The van der Waals surface area contributed by atoms with Gasteiger partial charge in [-0.25, -0.2) is 0 Å². The van der Waals surface area contributed by atoms with Gasteiger partial charge < -0.3 is 20.6 Å². The third-order valence-electron chi connectivity index (χ3n) is 3.29. The molecule has 1 heterocycles. The average Bonchev–Trinajstić information content (AvgIpc) is 2.76. The SMILES string of the molecule is O=C1Nc2c(Br)cc(Br)cc2/C1=C/c1ccc(O)c(O)c1O. The van der Waals surface area contributed by atoms with Crippen molar-refractivity contribution in [1.82, 2.24) is 0 Å². The van der Waals surface area contributed by atoms with Crippen molar-refractivity contribution >= 4 is 55.1 Å². The van der Waals surface area contributed by atoms with E-state index in [-0.39, 0.29) is 11.5 Å². The number of aromatic hydroxyl groups is 3. The van der Waals surface area contributed by atoms with Crippen LogP contribution in [-0.4, -0.2) is 21.2 Å². The first-order chi connectivity index (χ1) is 10.4. The minimum Gasteiger partial charge on any atom is -0.504 e. The summed E-state index contributed by atoms with van der Waals surface area (Å²) in [5.74, 6) is -1.85. The maximum Gasteiger partial charge on any atom is 0.256 e. The molecule has 0 aliphatic carbocycles. The van der Waals surface area contributed by atoms with Crippen molar-refractivity contribution in [2.24, 2.45) is 0 Å². The van der Waals surface area contributed by atoms with Crippen LogP contribution in [0.4, 0.5) is 5.69 Å². The summed E-state index contributed by atoms with van der Waals surface area (Å²) in [5, 5.41) is 31.5. The molecule has 2 aromatic rings. The molecule has 0 saturated heterocycles. The van der Waals surface area contributed by atoms with Gasteiger partial charge in [0.2, 0.25) is 5.75 Å². The van der Waals surface area contributed by atoms with Crippen LogP contribution in [0.15, 0.2) is 33.2 Å². The lowest BCUT2D eigenvalue weighted by Crippen LogP contribution is -2.03. The molecule has 22 heavy (non-hydrogen) atoms. The number of phenols is 3. The molecule has 0 fully saturated rings. The van der Waals surface area contributed by atoms with Crippen molar-refractivity contribution in [2.45, 2.75) is 0 Å². The van der Waals surface area contributed by atoms with E-state index >= 15 is 0 Å². The highest BCUT2D eigenvalue weighted by molar-refractivity contribution is 9.11. The summed E-state index contributed by atoms with van der Waals surface area (Å²) in [6, 6.07) is 6.24. The highest BCUT2D eigenvalue weighted by atomic mass is 79.9. The van der Waals surface area contributed by atoms with Crippen LogP contribution in [0.1, 0.15) is 11.1 Å². The van der Waals surface area contributed by atoms with Crippen LogP contribution in [0, 0.1) is 0 Å². The number of benzene rings is 2. The van der Waals surface area contributed by atoms with Gasteiger partial charge >= 0.3 is 0 Å². The van der Waals surface area contributed by atoms with E-state index in [1.54, 1.807) is 6.07 Å². The molecule has 0 radical (unpaired) electrons. The van der Waals surface area contributed by atoms with E-state index in [2.05, 4.69) is 37.2 Å². The fourth-order valence-corrected chi connectivity index (χ4v) is 3.54. The lowest BCUT2D eigenvalue weighted by atomic mass is 10.0. The van der Waals surface area contributed by atoms with Gasteiger partial charge in [-0.3, -0.25) is 4.79 Å². The molecule has 0 spiro atoms. The number of phenolic OH excluding ortho intramolecular Hbond substituents is 3. The van der Waals surface area contributed by atoms with Gasteiger partial charge in [0, 0.05) is 25.6 Å². The van der Waals surface area contributed by atoms with Crippen LogP contribution in [0.2, 0.25) is 0 Å². The standard InChI is InChI=1S/C15H9Br2NO4/c16-7-4-8-9(15(22)18-12(8)10(17)5-7)3-6-1-2-11(19)14(21)13(6)20/h1-5,19-21H,(H,18,22)/b9-3-. The normalized spacial score (nSPS) is 15.0. The minimum absolute atomic E-state index is 0.226. The second kappa shape index (κ2) is 5.33. The Balaban J connectivity index is 2.19. The number of fused-ring (bicyclic) bond motifs is 1. The molecule has 0 saturated carbocycles. The lowest BCUT2D eigenvalue weighted by Gasteiger charge is -2.05.